The van der Waals surface area contributed by atoms with Gasteiger partial charge in [0.1, 0.15) is 11.6 Å². The van der Waals surface area contributed by atoms with Crippen molar-refractivity contribution in [3.8, 4) is 5.75 Å². The maximum atomic E-state index is 12.9. The number of carbonyl (C=O) groups excluding carboxylic acids is 1. The van der Waals surface area contributed by atoms with Crippen molar-refractivity contribution in [1.82, 2.24) is 4.90 Å². The first-order chi connectivity index (χ1) is 10.0. The van der Waals surface area contributed by atoms with Gasteiger partial charge < -0.3 is 15.4 Å². The molecule has 0 aliphatic rings. The average molecular weight is 288 g/mol. The fourth-order valence-electron chi connectivity index (χ4n) is 2.05. The molecular formula is C16H17FN2O2. The molecule has 0 spiro atoms. The van der Waals surface area contributed by atoms with E-state index in [4.69, 9.17) is 10.5 Å². The lowest BCUT2D eigenvalue weighted by atomic mass is 10.1. The molecular weight excluding hydrogens is 271 g/mol. The van der Waals surface area contributed by atoms with E-state index >= 15 is 0 Å². The zero-order valence-electron chi connectivity index (χ0n) is 12.0. The summed E-state index contributed by atoms with van der Waals surface area (Å²) < 4.78 is 18.0. The van der Waals surface area contributed by atoms with Crippen molar-refractivity contribution in [3.63, 3.8) is 0 Å². The number of benzene rings is 2. The minimum Gasteiger partial charge on any atom is -0.495 e. The summed E-state index contributed by atoms with van der Waals surface area (Å²) in [7, 11) is 3.17. The molecule has 0 aliphatic heterocycles. The van der Waals surface area contributed by atoms with Gasteiger partial charge in [0, 0.05) is 13.6 Å². The number of halogens is 1. The Balaban J connectivity index is 2.17. The van der Waals surface area contributed by atoms with E-state index in [-0.39, 0.29) is 11.7 Å². The number of anilines is 1. The summed E-state index contributed by atoms with van der Waals surface area (Å²) in [4.78, 5) is 13.9. The monoisotopic (exact) mass is 288 g/mol. The van der Waals surface area contributed by atoms with Crippen LogP contribution in [0.1, 0.15) is 15.9 Å². The average Bonchev–Trinajstić information content (AvgIpc) is 2.49. The first-order valence-electron chi connectivity index (χ1n) is 6.45. The number of methoxy groups -OCH3 is 1. The molecule has 5 heteroatoms. The highest BCUT2D eigenvalue weighted by molar-refractivity contribution is 6.00. The molecule has 0 unspecified atom stereocenters. The summed E-state index contributed by atoms with van der Waals surface area (Å²) in [5, 5.41) is 0. The quantitative estimate of drug-likeness (QED) is 0.880. The Bertz CT molecular complexity index is 641. The molecule has 110 valence electrons. The van der Waals surface area contributed by atoms with E-state index < -0.39 is 0 Å². The lowest BCUT2D eigenvalue weighted by molar-refractivity contribution is 0.0786. The number of amides is 1. The number of para-hydroxylation sites is 1. The van der Waals surface area contributed by atoms with Gasteiger partial charge >= 0.3 is 0 Å². The van der Waals surface area contributed by atoms with Gasteiger partial charge in [0.25, 0.3) is 5.91 Å². The Morgan fingerprint density at radius 1 is 1.24 bits per heavy atom. The lowest BCUT2D eigenvalue weighted by Crippen LogP contribution is -2.27. The van der Waals surface area contributed by atoms with Gasteiger partial charge in [-0.3, -0.25) is 4.79 Å². The highest BCUT2D eigenvalue weighted by Gasteiger charge is 2.17. The molecule has 2 aromatic rings. The number of hydrogen-bond acceptors (Lipinski definition) is 3. The highest BCUT2D eigenvalue weighted by Crippen LogP contribution is 2.25. The van der Waals surface area contributed by atoms with E-state index in [1.807, 2.05) is 0 Å². The SMILES string of the molecule is COc1cccc(C(=O)N(C)Cc2ccc(F)cc2)c1N. The summed E-state index contributed by atoms with van der Waals surface area (Å²) in [6.07, 6.45) is 0. The number of nitrogen functional groups attached to an aromatic ring is 1. The van der Waals surface area contributed by atoms with Crippen LogP contribution < -0.4 is 10.5 Å². The summed E-state index contributed by atoms with van der Waals surface area (Å²) >= 11 is 0. The maximum absolute atomic E-state index is 12.9. The second kappa shape index (κ2) is 6.26. The second-order valence-electron chi connectivity index (χ2n) is 4.71. The van der Waals surface area contributed by atoms with Crippen LogP contribution in [0.15, 0.2) is 42.5 Å². The predicted molar refractivity (Wildman–Crippen MR) is 79.6 cm³/mol. The Morgan fingerprint density at radius 2 is 1.90 bits per heavy atom. The Labute approximate surface area is 122 Å². The van der Waals surface area contributed by atoms with E-state index in [1.165, 1.54) is 24.1 Å². The van der Waals surface area contributed by atoms with Gasteiger partial charge in [-0.05, 0) is 29.8 Å². The third-order valence-corrected chi connectivity index (χ3v) is 3.20. The Kier molecular flexibility index (Phi) is 4.42. The Morgan fingerprint density at radius 3 is 2.52 bits per heavy atom. The number of nitrogens with two attached hydrogens (primary N) is 1. The van der Waals surface area contributed by atoms with Crippen molar-refractivity contribution in [2.24, 2.45) is 0 Å². The fraction of sp³-hybridized carbons (Fsp3) is 0.188. The molecule has 0 saturated heterocycles. The molecule has 0 atom stereocenters. The van der Waals surface area contributed by atoms with Crippen LogP contribution in [0.3, 0.4) is 0 Å². The number of carbonyl (C=O) groups is 1. The number of rotatable bonds is 4. The number of nitrogens with zero attached hydrogens (tertiary/aromatic N) is 1. The molecule has 0 aromatic heterocycles. The van der Waals surface area contributed by atoms with Gasteiger partial charge in [-0.25, -0.2) is 4.39 Å². The maximum Gasteiger partial charge on any atom is 0.256 e. The van der Waals surface area contributed by atoms with Crippen LogP contribution in [-0.4, -0.2) is 25.0 Å². The molecule has 0 aliphatic carbocycles. The first-order valence-corrected chi connectivity index (χ1v) is 6.45. The van der Waals surface area contributed by atoms with Gasteiger partial charge in [0.05, 0.1) is 18.4 Å². The minimum atomic E-state index is -0.301. The molecule has 0 radical (unpaired) electrons. The number of ether oxygens (including phenoxy) is 1. The van der Waals surface area contributed by atoms with Crippen molar-refractivity contribution >= 4 is 11.6 Å². The van der Waals surface area contributed by atoms with Crippen LogP contribution >= 0.6 is 0 Å². The molecule has 0 heterocycles. The topological polar surface area (TPSA) is 55.6 Å². The van der Waals surface area contributed by atoms with E-state index in [0.717, 1.165) is 5.56 Å². The minimum absolute atomic E-state index is 0.212. The van der Waals surface area contributed by atoms with Gasteiger partial charge in [-0.2, -0.15) is 0 Å². The van der Waals surface area contributed by atoms with Crippen LogP contribution in [0.4, 0.5) is 10.1 Å². The summed E-state index contributed by atoms with van der Waals surface area (Å²) in [6, 6.07) is 11.1. The first kappa shape index (κ1) is 14.8. The van der Waals surface area contributed by atoms with Gasteiger partial charge in [-0.15, -0.1) is 0 Å². The van der Waals surface area contributed by atoms with Gasteiger partial charge in [0.2, 0.25) is 0 Å². The zero-order chi connectivity index (χ0) is 15.4. The van der Waals surface area contributed by atoms with E-state index in [9.17, 15) is 9.18 Å². The molecule has 0 fully saturated rings. The van der Waals surface area contributed by atoms with Crippen LogP contribution in [0.5, 0.6) is 5.75 Å². The molecule has 2 aromatic carbocycles. The van der Waals surface area contributed by atoms with Crippen molar-refractivity contribution in [2.45, 2.75) is 6.54 Å². The predicted octanol–water partition coefficient (Wildman–Crippen LogP) is 2.69. The van der Waals surface area contributed by atoms with E-state index in [2.05, 4.69) is 0 Å². The largest absolute Gasteiger partial charge is 0.495 e. The van der Waals surface area contributed by atoms with Crippen LogP contribution in [0.2, 0.25) is 0 Å². The van der Waals surface area contributed by atoms with Crippen molar-refractivity contribution in [2.75, 3.05) is 19.9 Å². The molecule has 21 heavy (non-hydrogen) atoms. The molecule has 0 bridgehead atoms. The molecule has 2 rings (SSSR count). The normalized spacial score (nSPS) is 10.2. The van der Waals surface area contributed by atoms with Crippen molar-refractivity contribution in [1.29, 1.82) is 0 Å². The molecule has 4 nitrogen and oxygen atoms in total. The summed E-state index contributed by atoms with van der Waals surface area (Å²) in [5.74, 6) is -0.0449. The standard InChI is InChI=1S/C16H17FN2O2/c1-19(10-11-6-8-12(17)9-7-11)16(20)13-4-3-5-14(21-2)15(13)18/h3-9H,10,18H2,1-2H3. The summed E-state index contributed by atoms with van der Waals surface area (Å²) in [6.45, 7) is 0.371. The van der Waals surface area contributed by atoms with Crippen LogP contribution in [0.25, 0.3) is 0 Å². The smallest absolute Gasteiger partial charge is 0.256 e. The molecule has 2 N–H and O–H groups in total. The lowest BCUT2D eigenvalue weighted by Gasteiger charge is -2.19. The van der Waals surface area contributed by atoms with E-state index in [1.54, 1.807) is 37.4 Å². The highest BCUT2D eigenvalue weighted by atomic mass is 19.1. The van der Waals surface area contributed by atoms with Crippen LogP contribution in [-0.2, 0) is 6.54 Å². The third-order valence-electron chi connectivity index (χ3n) is 3.20. The second-order valence-corrected chi connectivity index (χ2v) is 4.71. The molecule has 1 amide bonds. The van der Waals surface area contributed by atoms with Gasteiger partial charge in [-0.1, -0.05) is 18.2 Å². The van der Waals surface area contributed by atoms with Crippen molar-refractivity contribution < 1.29 is 13.9 Å². The molecule has 0 saturated carbocycles. The summed E-state index contributed by atoms with van der Waals surface area (Å²) in [5.41, 5.74) is 7.47. The fourth-order valence-corrected chi connectivity index (χ4v) is 2.05. The van der Waals surface area contributed by atoms with Crippen molar-refractivity contribution in [3.05, 3.63) is 59.4 Å². The third kappa shape index (κ3) is 3.31. The van der Waals surface area contributed by atoms with Crippen LogP contribution in [0, 0.1) is 5.82 Å². The van der Waals surface area contributed by atoms with Gasteiger partial charge in [0.15, 0.2) is 0 Å². The van der Waals surface area contributed by atoms with E-state index in [0.29, 0.717) is 23.5 Å². The Hall–Kier alpha value is -2.56. The number of hydrogen-bond donors (Lipinski definition) is 1. The zero-order valence-corrected chi connectivity index (χ0v) is 12.0.